The van der Waals surface area contributed by atoms with Crippen LogP contribution < -0.4 is 0 Å². The van der Waals surface area contributed by atoms with E-state index in [1.807, 2.05) is 0 Å². The van der Waals surface area contributed by atoms with Gasteiger partial charge in [0.1, 0.15) is 5.60 Å². The van der Waals surface area contributed by atoms with Crippen LogP contribution >= 0.6 is 23.2 Å². The fraction of sp³-hybridized carbons (Fsp3) is 0.533. The summed E-state index contributed by atoms with van der Waals surface area (Å²) < 4.78 is 5.25. The fourth-order valence-electron chi connectivity index (χ4n) is 1.74. The van der Waals surface area contributed by atoms with Crippen LogP contribution in [0.1, 0.15) is 32.4 Å². The summed E-state index contributed by atoms with van der Waals surface area (Å²) in [5, 5.41) is 20.0. The van der Waals surface area contributed by atoms with Gasteiger partial charge in [-0.3, -0.25) is 0 Å². The first-order chi connectivity index (χ1) is 10.1. The molecule has 22 heavy (non-hydrogen) atoms. The number of carbonyl (C=O) groups excluding carboxylic acids is 1. The quantitative estimate of drug-likeness (QED) is 0.855. The number of ether oxygens (including phenoxy) is 1. The second kappa shape index (κ2) is 8.02. The van der Waals surface area contributed by atoms with Gasteiger partial charge in [-0.25, -0.2) is 4.79 Å². The third-order valence-corrected chi connectivity index (χ3v) is 3.48. The number of benzene rings is 1. The maximum absolute atomic E-state index is 12.1. The summed E-state index contributed by atoms with van der Waals surface area (Å²) in [6, 6.07) is 4.75. The summed E-state index contributed by atoms with van der Waals surface area (Å²) >= 11 is 11.7. The molecule has 1 aromatic carbocycles. The highest BCUT2D eigenvalue weighted by Gasteiger charge is 2.24. The van der Waals surface area contributed by atoms with Crippen LogP contribution in [0, 0.1) is 0 Å². The van der Waals surface area contributed by atoms with Gasteiger partial charge in [0.15, 0.2) is 0 Å². The van der Waals surface area contributed by atoms with Crippen molar-refractivity contribution in [1.29, 1.82) is 0 Å². The lowest BCUT2D eigenvalue weighted by atomic mass is 10.1. The molecule has 0 heterocycles. The van der Waals surface area contributed by atoms with E-state index in [-0.39, 0.29) is 19.7 Å². The molecule has 1 rings (SSSR count). The molecule has 0 bridgehead atoms. The highest BCUT2D eigenvalue weighted by atomic mass is 35.5. The monoisotopic (exact) mass is 349 g/mol. The Morgan fingerprint density at radius 1 is 1.32 bits per heavy atom. The number of carbonyl (C=O) groups is 1. The van der Waals surface area contributed by atoms with E-state index in [1.54, 1.807) is 39.0 Å². The van der Waals surface area contributed by atoms with Crippen LogP contribution in [0.15, 0.2) is 18.2 Å². The summed E-state index contributed by atoms with van der Waals surface area (Å²) in [4.78, 5) is 13.3. The highest BCUT2D eigenvalue weighted by Crippen LogP contribution is 2.26. The second-order valence-corrected chi connectivity index (χ2v) is 6.65. The Morgan fingerprint density at radius 2 is 1.95 bits per heavy atom. The zero-order valence-corrected chi connectivity index (χ0v) is 14.4. The Kier molecular flexibility index (Phi) is 6.94. The smallest absolute Gasteiger partial charge is 0.410 e. The Labute approximate surface area is 140 Å². The average molecular weight is 350 g/mol. The van der Waals surface area contributed by atoms with Gasteiger partial charge < -0.3 is 19.8 Å². The number of aliphatic hydroxyl groups is 2. The van der Waals surface area contributed by atoms with Crippen molar-refractivity contribution in [3.05, 3.63) is 33.8 Å². The molecule has 1 aromatic rings. The molecule has 0 spiro atoms. The molecule has 1 amide bonds. The minimum Gasteiger partial charge on any atom is -0.444 e. The second-order valence-electron chi connectivity index (χ2n) is 5.84. The molecular formula is C15H21Cl2NO4. The maximum atomic E-state index is 12.1. The van der Waals surface area contributed by atoms with Crippen molar-refractivity contribution in [2.45, 2.75) is 32.5 Å². The van der Waals surface area contributed by atoms with Gasteiger partial charge in [0.05, 0.1) is 29.3 Å². The van der Waals surface area contributed by atoms with E-state index in [2.05, 4.69) is 0 Å². The zero-order chi connectivity index (χ0) is 16.9. The van der Waals surface area contributed by atoms with E-state index < -0.39 is 17.8 Å². The molecule has 5 nitrogen and oxygen atoms in total. The Morgan fingerprint density at radius 3 is 2.45 bits per heavy atom. The van der Waals surface area contributed by atoms with Gasteiger partial charge in [-0.05, 0) is 38.5 Å². The number of hydrogen-bond acceptors (Lipinski definition) is 4. The first-order valence-corrected chi connectivity index (χ1v) is 7.61. The van der Waals surface area contributed by atoms with Gasteiger partial charge in [-0.1, -0.05) is 29.3 Å². The molecule has 0 saturated carbocycles. The van der Waals surface area contributed by atoms with E-state index in [0.717, 1.165) is 0 Å². The first kappa shape index (κ1) is 19.0. The van der Waals surface area contributed by atoms with Crippen molar-refractivity contribution < 1.29 is 19.7 Å². The molecule has 2 N–H and O–H groups in total. The van der Waals surface area contributed by atoms with E-state index >= 15 is 0 Å². The first-order valence-electron chi connectivity index (χ1n) is 6.86. The van der Waals surface area contributed by atoms with Crippen molar-refractivity contribution in [2.75, 3.05) is 19.7 Å². The lowest BCUT2D eigenvalue weighted by Crippen LogP contribution is -2.40. The van der Waals surface area contributed by atoms with Gasteiger partial charge in [-0.2, -0.15) is 0 Å². The van der Waals surface area contributed by atoms with Gasteiger partial charge >= 0.3 is 6.09 Å². The standard InChI is InChI=1S/C15H21Cl2NO4/c1-15(2,3)22-14(21)18(6-7-19)9-13(20)10-4-5-11(16)12(17)8-10/h4-5,8,13,19-20H,6-7,9H2,1-3H3. The Hall–Kier alpha value is -1.01. The van der Waals surface area contributed by atoms with Crippen LogP contribution in [0.3, 0.4) is 0 Å². The third-order valence-electron chi connectivity index (χ3n) is 2.74. The van der Waals surface area contributed by atoms with Crippen molar-refractivity contribution in [2.24, 2.45) is 0 Å². The summed E-state index contributed by atoms with van der Waals surface area (Å²) in [7, 11) is 0. The van der Waals surface area contributed by atoms with Gasteiger partial charge in [0, 0.05) is 6.54 Å². The molecule has 124 valence electrons. The number of hydrogen-bond donors (Lipinski definition) is 2. The predicted octanol–water partition coefficient (Wildman–Crippen LogP) is 3.26. The number of amides is 1. The SMILES string of the molecule is CC(C)(C)OC(=O)N(CCO)CC(O)c1ccc(Cl)c(Cl)c1. The molecule has 0 aliphatic carbocycles. The molecule has 0 aliphatic rings. The molecule has 7 heteroatoms. The van der Waals surface area contributed by atoms with Crippen molar-refractivity contribution in [1.82, 2.24) is 4.90 Å². The third kappa shape index (κ3) is 6.01. The number of rotatable bonds is 5. The number of halogens is 2. The molecular weight excluding hydrogens is 329 g/mol. The molecule has 0 radical (unpaired) electrons. The average Bonchev–Trinajstić information content (AvgIpc) is 2.39. The maximum Gasteiger partial charge on any atom is 0.410 e. The van der Waals surface area contributed by atoms with Gasteiger partial charge in [0.25, 0.3) is 0 Å². The van der Waals surface area contributed by atoms with Crippen LogP contribution in [-0.4, -0.2) is 46.5 Å². The molecule has 0 fully saturated rings. The van der Waals surface area contributed by atoms with E-state index in [4.69, 9.17) is 33.0 Å². The van der Waals surface area contributed by atoms with Crippen LogP contribution in [0.5, 0.6) is 0 Å². The summed E-state index contributed by atoms with van der Waals surface area (Å²) in [6.07, 6.45) is -1.56. The van der Waals surface area contributed by atoms with E-state index in [1.165, 1.54) is 4.90 Å². The number of nitrogens with zero attached hydrogens (tertiary/aromatic N) is 1. The predicted molar refractivity (Wildman–Crippen MR) is 86.3 cm³/mol. The van der Waals surface area contributed by atoms with Crippen molar-refractivity contribution >= 4 is 29.3 Å². The summed E-state index contributed by atoms with van der Waals surface area (Å²) in [6.45, 7) is 5.06. The minimum absolute atomic E-state index is 0.0204. The van der Waals surface area contributed by atoms with Crippen LogP contribution in [0.25, 0.3) is 0 Å². The van der Waals surface area contributed by atoms with Crippen molar-refractivity contribution in [3.63, 3.8) is 0 Å². The summed E-state index contributed by atoms with van der Waals surface area (Å²) in [5.74, 6) is 0. The Balaban J connectivity index is 2.80. The lowest BCUT2D eigenvalue weighted by Gasteiger charge is -2.28. The number of aliphatic hydroxyl groups excluding tert-OH is 2. The van der Waals surface area contributed by atoms with Crippen molar-refractivity contribution in [3.8, 4) is 0 Å². The van der Waals surface area contributed by atoms with Gasteiger partial charge in [-0.15, -0.1) is 0 Å². The minimum atomic E-state index is -0.964. The largest absolute Gasteiger partial charge is 0.444 e. The molecule has 0 aliphatic heterocycles. The normalized spacial score (nSPS) is 12.9. The van der Waals surface area contributed by atoms with Gasteiger partial charge in [0.2, 0.25) is 0 Å². The summed E-state index contributed by atoms with van der Waals surface area (Å²) in [5.41, 5.74) is -0.125. The topological polar surface area (TPSA) is 70.0 Å². The molecule has 0 aromatic heterocycles. The fourth-order valence-corrected chi connectivity index (χ4v) is 2.04. The van der Waals surface area contributed by atoms with E-state index in [0.29, 0.717) is 15.6 Å². The molecule has 0 saturated heterocycles. The highest BCUT2D eigenvalue weighted by molar-refractivity contribution is 6.42. The van der Waals surface area contributed by atoms with Crippen LogP contribution in [0.2, 0.25) is 10.0 Å². The van der Waals surface area contributed by atoms with E-state index in [9.17, 15) is 9.90 Å². The van der Waals surface area contributed by atoms with Crippen LogP contribution in [-0.2, 0) is 4.74 Å². The Bertz CT molecular complexity index is 517. The zero-order valence-electron chi connectivity index (χ0n) is 12.8. The molecule has 1 atom stereocenters. The van der Waals surface area contributed by atoms with Crippen LogP contribution in [0.4, 0.5) is 4.79 Å². The molecule has 1 unspecified atom stereocenters. The lowest BCUT2D eigenvalue weighted by molar-refractivity contribution is 0.0109.